The lowest BCUT2D eigenvalue weighted by Crippen LogP contribution is -1.84. The van der Waals surface area contributed by atoms with Crippen LogP contribution in [0.3, 0.4) is 0 Å². The van der Waals surface area contributed by atoms with Crippen LogP contribution in [0, 0.1) is 0 Å². The van der Waals surface area contributed by atoms with Gasteiger partial charge in [-0.1, -0.05) is 35.8 Å². The van der Waals surface area contributed by atoms with Crippen molar-refractivity contribution in [3.8, 4) is 0 Å². The van der Waals surface area contributed by atoms with E-state index in [9.17, 15) is 4.79 Å². The van der Waals surface area contributed by atoms with Crippen molar-refractivity contribution in [2.45, 2.75) is 59.8 Å². The number of carbonyl (C=O) groups excluding carboxylic acids is 1. The van der Waals surface area contributed by atoms with Crippen molar-refractivity contribution in [2.24, 2.45) is 0 Å². The fraction of sp³-hybridized carbons (Fsp3) is 0.562. The lowest BCUT2D eigenvalue weighted by Gasteiger charge is -2.03. The number of carbonyl (C=O) groups is 1. The second-order valence-corrected chi connectivity index (χ2v) is 4.72. The van der Waals surface area contributed by atoms with Gasteiger partial charge >= 0.3 is 0 Å². The number of rotatable bonds is 8. The Bertz CT molecular complexity index is 301. The molecule has 0 aliphatic heterocycles. The molecule has 1 heteroatoms. The molecule has 0 N–H and O–H groups in total. The molecule has 0 aromatic heterocycles. The number of hydrogen-bond donors (Lipinski definition) is 0. The molecule has 0 aliphatic rings. The third kappa shape index (κ3) is 9.80. The van der Waals surface area contributed by atoms with Gasteiger partial charge in [0.05, 0.1) is 0 Å². The Morgan fingerprint density at radius 1 is 1.00 bits per heavy atom. The maximum Gasteiger partial charge on any atom is 0.142 e. The van der Waals surface area contributed by atoms with Gasteiger partial charge < -0.3 is 0 Å². The molecule has 0 aliphatic carbocycles. The van der Waals surface area contributed by atoms with Crippen LogP contribution >= 0.6 is 0 Å². The summed E-state index contributed by atoms with van der Waals surface area (Å²) in [5.41, 5.74) is 4.09. The van der Waals surface area contributed by atoms with Crippen molar-refractivity contribution in [1.82, 2.24) is 0 Å². The monoisotopic (exact) mass is 234 g/mol. The van der Waals surface area contributed by atoms with Gasteiger partial charge in [-0.05, 0) is 59.0 Å². The van der Waals surface area contributed by atoms with Crippen molar-refractivity contribution < 1.29 is 4.79 Å². The maximum atomic E-state index is 10.3. The third-order valence-corrected chi connectivity index (χ3v) is 2.80. The summed E-state index contributed by atoms with van der Waals surface area (Å²) >= 11 is 0. The van der Waals surface area contributed by atoms with Gasteiger partial charge in [-0.15, -0.1) is 0 Å². The minimum atomic E-state index is 0.870. The zero-order valence-corrected chi connectivity index (χ0v) is 11.8. The zero-order valence-electron chi connectivity index (χ0n) is 11.8. The summed E-state index contributed by atoms with van der Waals surface area (Å²) in [6.07, 6.45) is 12.6. The van der Waals surface area contributed by atoms with Gasteiger partial charge in [-0.3, -0.25) is 4.79 Å². The van der Waals surface area contributed by atoms with Crippen LogP contribution in [0.1, 0.15) is 59.8 Å². The molecule has 0 radical (unpaired) electrons. The first kappa shape index (κ1) is 15.9. The van der Waals surface area contributed by atoms with Crippen molar-refractivity contribution in [3.63, 3.8) is 0 Å². The molecule has 0 atom stereocenters. The van der Waals surface area contributed by atoms with E-state index in [0.717, 1.165) is 44.0 Å². The van der Waals surface area contributed by atoms with Crippen molar-refractivity contribution in [3.05, 3.63) is 34.9 Å². The summed E-state index contributed by atoms with van der Waals surface area (Å²) in [5, 5.41) is 0. The first-order chi connectivity index (χ1) is 8.10. The van der Waals surface area contributed by atoms with E-state index in [2.05, 4.69) is 32.9 Å². The Morgan fingerprint density at radius 2 is 1.65 bits per heavy atom. The van der Waals surface area contributed by atoms with Gasteiger partial charge in [-0.25, -0.2) is 0 Å². The van der Waals surface area contributed by atoms with Gasteiger partial charge in [0, 0.05) is 0 Å². The van der Waals surface area contributed by atoms with E-state index in [-0.39, 0.29) is 0 Å². The Hall–Kier alpha value is -1.11. The first-order valence-electron chi connectivity index (χ1n) is 6.52. The maximum absolute atomic E-state index is 10.3. The van der Waals surface area contributed by atoms with Crippen LogP contribution in [-0.4, -0.2) is 6.29 Å². The second kappa shape index (κ2) is 10.1. The van der Waals surface area contributed by atoms with E-state index in [1.807, 2.05) is 6.92 Å². The molecule has 0 heterocycles. The van der Waals surface area contributed by atoms with E-state index in [4.69, 9.17) is 0 Å². The molecular weight excluding hydrogens is 208 g/mol. The first-order valence-corrected chi connectivity index (χ1v) is 6.52. The van der Waals surface area contributed by atoms with Crippen molar-refractivity contribution in [2.75, 3.05) is 0 Å². The van der Waals surface area contributed by atoms with Crippen LogP contribution in [0.15, 0.2) is 34.9 Å². The van der Waals surface area contributed by atoms with Gasteiger partial charge in [0.1, 0.15) is 6.29 Å². The third-order valence-electron chi connectivity index (χ3n) is 2.80. The Morgan fingerprint density at radius 3 is 2.18 bits per heavy atom. The molecule has 0 rings (SSSR count). The van der Waals surface area contributed by atoms with Gasteiger partial charge in [0.2, 0.25) is 0 Å². The van der Waals surface area contributed by atoms with Crippen LogP contribution in [-0.2, 0) is 4.79 Å². The summed E-state index contributed by atoms with van der Waals surface area (Å²) in [4.78, 5) is 10.3. The minimum absolute atomic E-state index is 0.870. The molecule has 0 aromatic rings. The summed E-state index contributed by atoms with van der Waals surface area (Å²) < 4.78 is 0. The highest BCUT2D eigenvalue weighted by Crippen LogP contribution is 2.14. The Labute approximate surface area is 106 Å². The molecule has 0 spiro atoms. The fourth-order valence-corrected chi connectivity index (χ4v) is 1.67. The van der Waals surface area contributed by atoms with Crippen LogP contribution in [0.4, 0.5) is 0 Å². The van der Waals surface area contributed by atoms with Crippen molar-refractivity contribution in [1.29, 1.82) is 0 Å². The highest BCUT2D eigenvalue weighted by molar-refractivity contribution is 5.65. The summed E-state index contributed by atoms with van der Waals surface area (Å²) in [6.45, 7) is 8.51. The minimum Gasteiger partial charge on any atom is -0.299 e. The van der Waals surface area contributed by atoms with Gasteiger partial charge in [0.25, 0.3) is 0 Å². The van der Waals surface area contributed by atoms with Crippen LogP contribution in [0.5, 0.6) is 0 Å². The molecule has 0 fully saturated rings. The average Bonchev–Trinajstić information content (AvgIpc) is 2.27. The molecule has 1 nitrogen and oxygen atoms in total. The molecule has 0 bridgehead atoms. The van der Waals surface area contributed by atoms with Crippen LogP contribution in [0.25, 0.3) is 0 Å². The molecule has 17 heavy (non-hydrogen) atoms. The van der Waals surface area contributed by atoms with E-state index in [1.54, 1.807) is 6.08 Å². The normalized spacial score (nSPS) is 12.5. The summed E-state index contributed by atoms with van der Waals surface area (Å²) in [7, 11) is 0. The van der Waals surface area contributed by atoms with Crippen LogP contribution < -0.4 is 0 Å². The smallest absolute Gasteiger partial charge is 0.142 e. The van der Waals surface area contributed by atoms with E-state index in [1.165, 1.54) is 11.1 Å². The predicted molar refractivity (Wildman–Crippen MR) is 76.1 cm³/mol. The fourth-order valence-electron chi connectivity index (χ4n) is 1.67. The number of aldehydes is 1. The summed E-state index contributed by atoms with van der Waals surface area (Å²) in [5.74, 6) is 0. The van der Waals surface area contributed by atoms with Crippen LogP contribution in [0.2, 0.25) is 0 Å². The Balaban J connectivity index is 4.05. The number of allylic oxidation sites excluding steroid dienone is 6. The lowest BCUT2D eigenvalue weighted by molar-refractivity contribution is -0.104. The molecule has 96 valence electrons. The van der Waals surface area contributed by atoms with E-state index in [0.29, 0.717) is 0 Å². The largest absolute Gasteiger partial charge is 0.299 e. The standard InChI is InChI=1S/C16H26O/c1-5-16(10-6-8-14(2)3)11-7-9-15(4)12-13-17/h8,11-13H,5-7,9-10H2,1-4H3/b15-12+,16-11+. The zero-order chi connectivity index (χ0) is 13.1. The quantitative estimate of drug-likeness (QED) is 0.328. The van der Waals surface area contributed by atoms with E-state index < -0.39 is 0 Å². The van der Waals surface area contributed by atoms with Crippen molar-refractivity contribution >= 4 is 6.29 Å². The average molecular weight is 234 g/mol. The van der Waals surface area contributed by atoms with E-state index >= 15 is 0 Å². The summed E-state index contributed by atoms with van der Waals surface area (Å²) in [6, 6.07) is 0. The second-order valence-electron chi connectivity index (χ2n) is 4.72. The predicted octanol–water partition coefficient (Wildman–Crippen LogP) is 4.99. The highest BCUT2D eigenvalue weighted by atomic mass is 16.1. The topological polar surface area (TPSA) is 17.1 Å². The molecule has 0 saturated carbocycles. The lowest BCUT2D eigenvalue weighted by atomic mass is 10.0. The Kier molecular flexibility index (Phi) is 9.41. The SMILES string of the molecule is CC/C(=C\CC/C(C)=C/C=O)CCC=C(C)C. The molecule has 0 saturated heterocycles. The number of hydrogen-bond acceptors (Lipinski definition) is 1. The van der Waals surface area contributed by atoms with Gasteiger partial charge in [-0.2, -0.15) is 0 Å². The highest BCUT2D eigenvalue weighted by Gasteiger charge is 1.94. The molecule has 0 aromatic carbocycles. The molecule has 0 unspecified atom stereocenters. The van der Waals surface area contributed by atoms with Gasteiger partial charge in [0.15, 0.2) is 0 Å². The molecular formula is C16H26O. The molecule has 0 amide bonds.